The van der Waals surface area contributed by atoms with Crippen LogP contribution in [-0.4, -0.2) is 65.7 Å². The molecule has 0 rings (SSSR count). The van der Waals surface area contributed by atoms with Crippen molar-refractivity contribution in [1.29, 1.82) is 0 Å². The molecule has 0 fully saturated rings. The van der Waals surface area contributed by atoms with Crippen LogP contribution in [0.1, 0.15) is 142 Å². The number of allylic oxidation sites excluding steroid dienone is 14. The Hall–Kier alpha value is -2.85. The van der Waals surface area contributed by atoms with Crippen LogP contribution < -0.4 is 0 Å². The molecule has 2 unspecified atom stereocenters. The van der Waals surface area contributed by atoms with Crippen molar-refractivity contribution < 1.29 is 47.8 Å². The fraction of sp³-hybridized carbons (Fsp3) is 0.636. The molecule has 0 aromatic carbocycles. The summed E-state index contributed by atoms with van der Waals surface area (Å²) in [5.41, 5.74) is 0. The highest BCUT2D eigenvalue weighted by Gasteiger charge is 2.27. The fourth-order valence-corrected chi connectivity index (χ4v) is 5.80. The summed E-state index contributed by atoms with van der Waals surface area (Å²) in [7, 11) is -4.64. The molecule has 0 bridgehead atoms. The van der Waals surface area contributed by atoms with Crippen molar-refractivity contribution in [3.8, 4) is 0 Å². The molecule has 10 nitrogen and oxygen atoms in total. The first-order valence-corrected chi connectivity index (χ1v) is 22.1. The Kier molecular flexibility index (Phi) is 37.3. The molecular weight excluding hydrogens is 719 g/mol. The monoisotopic (exact) mass is 792 g/mol. The number of esters is 2. The number of carbonyl (C=O) groups excluding carboxylic acids is 2. The molecule has 3 atom stereocenters. The molecule has 0 aliphatic heterocycles. The van der Waals surface area contributed by atoms with Gasteiger partial charge in [0, 0.05) is 12.8 Å². The molecule has 55 heavy (non-hydrogen) atoms. The van der Waals surface area contributed by atoms with Gasteiger partial charge in [0.25, 0.3) is 0 Å². The van der Waals surface area contributed by atoms with Crippen LogP contribution in [0.15, 0.2) is 85.1 Å². The van der Waals surface area contributed by atoms with E-state index in [9.17, 15) is 24.2 Å². The highest BCUT2D eigenvalue weighted by molar-refractivity contribution is 7.47. The van der Waals surface area contributed by atoms with Crippen molar-refractivity contribution in [2.45, 2.75) is 154 Å². The first-order valence-electron chi connectivity index (χ1n) is 20.6. The van der Waals surface area contributed by atoms with Gasteiger partial charge in [0.2, 0.25) is 0 Å². The van der Waals surface area contributed by atoms with E-state index in [1.807, 2.05) is 54.7 Å². The quantitative estimate of drug-likeness (QED) is 0.0240. The standard InChI is InChI=1S/C44H73O10P/c1-3-5-7-9-11-13-15-17-18-19-20-21-22-24-25-27-29-31-33-35-43(47)51-39-42(40-53-55(49,50)52-38-41(46)37-45)54-44(48)36-34-32-30-28-26-23-16-14-12-10-8-6-4-2/h6,8,10-17,23,26,28,30,41-42,45-46H,3-5,7,9,18-22,24-25,27,29,31-40H2,1-2H3,(H,49,50)/b8-6+,12-10+,13-11+,16-14+,17-15+,26-23+,30-28+/t41-,42?/m1/s1. The van der Waals surface area contributed by atoms with Crippen LogP contribution in [0.5, 0.6) is 0 Å². The third kappa shape index (κ3) is 39.2. The lowest BCUT2D eigenvalue weighted by Gasteiger charge is -2.20. The smallest absolute Gasteiger partial charge is 0.462 e. The number of phosphoric acid groups is 1. The third-order valence-electron chi connectivity index (χ3n) is 8.19. The molecule has 0 aliphatic rings. The Bertz CT molecular complexity index is 1190. The van der Waals surface area contributed by atoms with E-state index in [1.54, 1.807) is 0 Å². The SMILES string of the molecule is CC/C=C/C=C/C=C/C=C/C=C/CCCC(=O)OC(COC(=O)CCCCCCCCCCCC/C=C/C=C/CCCCC)COP(=O)(O)OC[C@H](O)CO. The van der Waals surface area contributed by atoms with Gasteiger partial charge in [0.05, 0.1) is 19.8 Å². The third-order valence-corrected chi connectivity index (χ3v) is 9.14. The van der Waals surface area contributed by atoms with Gasteiger partial charge in [-0.05, 0) is 51.4 Å². The largest absolute Gasteiger partial charge is 0.472 e. The van der Waals surface area contributed by atoms with E-state index in [2.05, 4.69) is 48.8 Å². The van der Waals surface area contributed by atoms with Gasteiger partial charge in [-0.2, -0.15) is 0 Å². The second-order valence-corrected chi connectivity index (χ2v) is 14.9. The molecule has 3 N–H and O–H groups in total. The lowest BCUT2D eigenvalue weighted by atomic mass is 10.1. The Morgan fingerprint density at radius 1 is 0.564 bits per heavy atom. The maximum absolute atomic E-state index is 12.5. The molecule has 0 saturated heterocycles. The average molecular weight is 793 g/mol. The summed E-state index contributed by atoms with van der Waals surface area (Å²) in [4.78, 5) is 34.9. The number of carbonyl (C=O) groups is 2. The average Bonchev–Trinajstić information content (AvgIpc) is 3.17. The van der Waals surface area contributed by atoms with Gasteiger partial charge in [-0.1, -0.05) is 163 Å². The van der Waals surface area contributed by atoms with Crippen LogP contribution in [-0.2, 0) is 32.7 Å². The van der Waals surface area contributed by atoms with E-state index >= 15 is 0 Å². The molecule has 0 spiro atoms. The lowest BCUT2D eigenvalue weighted by Crippen LogP contribution is -2.29. The normalized spacial score (nSPS) is 14.8. The van der Waals surface area contributed by atoms with Crippen LogP contribution >= 0.6 is 7.82 Å². The van der Waals surface area contributed by atoms with Crippen molar-refractivity contribution in [1.82, 2.24) is 0 Å². The molecule has 0 amide bonds. The van der Waals surface area contributed by atoms with Gasteiger partial charge in [0.15, 0.2) is 6.10 Å². The molecule has 0 heterocycles. The van der Waals surface area contributed by atoms with Crippen LogP contribution in [0.2, 0.25) is 0 Å². The number of rotatable bonds is 37. The van der Waals surface area contributed by atoms with E-state index < -0.39 is 51.8 Å². The molecular formula is C44H73O10P. The number of aliphatic hydroxyl groups excluding tert-OH is 2. The number of ether oxygens (including phenoxy) is 2. The Morgan fingerprint density at radius 2 is 1.02 bits per heavy atom. The lowest BCUT2D eigenvalue weighted by molar-refractivity contribution is -0.161. The first kappa shape index (κ1) is 52.2. The van der Waals surface area contributed by atoms with Gasteiger partial charge in [-0.3, -0.25) is 18.6 Å². The summed E-state index contributed by atoms with van der Waals surface area (Å²) in [6.45, 7) is 2.09. The summed E-state index contributed by atoms with van der Waals surface area (Å²) < 4.78 is 32.6. The number of unbranched alkanes of at least 4 members (excludes halogenated alkanes) is 14. The molecule has 0 aliphatic carbocycles. The maximum atomic E-state index is 12.5. The minimum atomic E-state index is -4.64. The molecule has 314 valence electrons. The molecule has 0 aromatic heterocycles. The van der Waals surface area contributed by atoms with Crippen molar-refractivity contribution in [2.75, 3.05) is 26.4 Å². The second kappa shape index (κ2) is 39.4. The van der Waals surface area contributed by atoms with E-state index in [1.165, 1.54) is 64.2 Å². The van der Waals surface area contributed by atoms with Crippen molar-refractivity contribution in [3.63, 3.8) is 0 Å². The topological polar surface area (TPSA) is 149 Å². The van der Waals surface area contributed by atoms with Gasteiger partial charge in [-0.25, -0.2) is 4.57 Å². The highest BCUT2D eigenvalue weighted by Crippen LogP contribution is 2.43. The van der Waals surface area contributed by atoms with Crippen molar-refractivity contribution in [2.24, 2.45) is 0 Å². The zero-order valence-electron chi connectivity index (χ0n) is 33.9. The van der Waals surface area contributed by atoms with Gasteiger partial charge in [0.1, 0.15) is 12.7 Å². The predicted molar refractivity (Wildman–Crippen MR) is 223 cm³/mol. The van der Waals surface area contributed by atoms with Gasteiger partial charge >= 0.3 is 19.8 Å². The number of phosphoric ester groups is 1. The summed E-state index contributed by atoms with van der Waals surface area (Å²) in [5.74, 6) is -1.02. The van der Waals surface area contributed by atoms with Crippen LogP contribution in [0, 0.1) is 0 Å². The number of aliphatic hydroxyl groups is 2. The van der Waals surface area contributed by atoms with E-state index in [0.29, 0.717) is 19.3 Å². The maximum Gasteiger partial charge on any atom is 0.472 e. The summed E-state index contributed by atoms with van der Waals surface area (Å²) in [6.07, 6.45) is 45.6. The minimum Gasteiger partial charge on any atom is -0.462 e. The second-order valence-electron chi connectivity index (χ2n) is 13.4. The van der Waals surface area contributed by atoms with E-state index in [-0.39, 0.29) is 19.4 Å². The zero-order valence-corrected chi connectivity index (χ0v) is 34.7. The fourth-order valence-electron chi connectivity index (χ4n) is 5.01. The molecule has 0 saturated carbocycles. The van der Waals surface area contributed by atoms with Gasteiger partial charge in [-0.15, -0.1) is 0 Å². The molecule has 11 heteroatoms. The number of hydrogen-bond acceptors (Lipinski definition) is 9. The summed E-state index contributed by atoms with van der Waals surface area (Å²) >= 11 is 0. The zero-order chi connectivity index (χ0) is 40.5. The van der Waals surface area contributed by atoms with Crippen LogP contribution in [0.4, 0.5) is 0 Å². The summed E-state index contributed by atoms with van der Waals surface area (Å²) in [6, 6.07) is 0. The van der Waals surface area contributed by atoms with Crippen LogP contribution in [0.3, 0.4) is 0 Å². The van der Waals surface area contributed by atoms with Crippen molar-refractivity contribution >= 4 is 19.8 Å². The predicted octanol–water partition coefficient (Wildman–Crippen LogP) is 10.7. The first-order chi connectivity index (χ1) is 26.7. The number of hydrogen-bond donors (Lipinski definition) is 3. The van der Waals surface area contributed by atoms with Crippen molar-refractivity contribution in [3.05, 3.63) is 85.1 Å². The molecule has 0 aromatic rings. The van der Waals surface area contributed by atoms with E-state index in [0.717, 1.165) is 32.1 Å². The Morgan fingerprint density at radius 3 is 1.58 bits per heavy atom. The van der Waals surface area contributed by atoms with E-state index in [4.69, 9.17) is 19.1 Å². The Labute approximate surface area is 332 Å². The molecule has 0 radical (unpaired) electrons. The Balaban J connectivity index is 4.39. The highest BCUT2D eigenvalue weighted by atomic mass is 31.2. The summed E-state index contributed by atoms with van der Waals surface area (Å²) in [5, 5.41) is 18.3. The van der Waals surface area contributed by atoms with Crippen LogP contribution in [0.25, 0.3) is 0 Å². The van der Waals surface area contributed by atoms with Gasteiger partial charge < -0.3 is 24.6 Å². The minimum absolute atomic E-state index is 0.0828.